The van der Waals surface area contributed by atoms with Crippen LogP contribution in [0.2, 0.25) is 0 Å². The number of nitrogens with one attached hydrogen (secondary N) is 1. The van der Waals surface area contributed by atoms with Crippen LogP contribution < -0.4 is 5.32 Å². The summed E-state index contributed by atoms with van der Waals surface area (Å²) in [4.78, 5) is 34.5. The Labute approximate surface area is 172 Å². The lowest BCUT2D eigenvalue weighted by Gasteiger charge is -2.31. The van der Waals surface area contributed by atoms with E-state index in [1.54, 1.807) is 0 Å². The van der Waals surface area contributed by atoms with E-state index in [-0.39, 0.29) is 11.8 Å². The van der Waals surface area contributed by atoms with Gasteiger partial charge in [0.05, 0.1) is 10.7 Å². The molecule has 1 aromatic rings. The molecule has 0 bridgehead atoms. The number of piperidine rings is 1. The third kappa shape index (κ3) is 5.32. The second kappa shape index (κ2) is 9.83. The SMILES string of the molecule is CCN1CCC[C@H]1CNC(=O)CCC1CCN(C(=O)c2sc(C)nc2C)CC1. The van der Waals surface area contributed by atoms with Crippen LogP contribution in [0.15, 0.2) is 0 Å². The van der Waals surface area contributed by atoms with E-state index in [9.17, 15) is 9.59 Å². The molecule has 156 valence electrons. The van der Waals surface area contributed by atoms with Crippen molar-refractivity contribution >= 4 is 23.2 Å². The molecule has 6 nitrogen and oxygen atoms in total. The fraction of sp³-hybridized carbons (Fsp3) is 0.762. The van der Waals surface area contributed by atoms with Crippen LogP contribution in [0.5, 0.6) is 0 Å². The maximum Gasteiger partial charge on any atom is 0.265 e. The Kier molecular flexibility index (Phi) is 7.46. The highest BCUT2D eigenvalue weighted by molar-refractivity contribution is 7.13. The summed E-state index contributed by atoms with van der Waals surface area (Å²) < 4.78 is 0. The molecule has 2 fully saturated rings. The predicted molar refractivity (Wildman–Crippen MR) is 113 cm³/mol. The van der Waals surface area contributed by atoms with Crippen molar-refractivity contribution in [2.24, 2.45) is 5.92 Å². The fourth-order valence-electron chi connectivity index (χ4n) is 4.50. The van der Waals surface area contributed by atoms with Crippen molar-refractivity contribution in [2.75, 3.05) is 32.7 Å². The van der Waals surface area contributed by atoms with Gasteiger partial charge in [0.1, 0.15) is 4.88 Å². The van der Waals surface area contributed by atoms with Crippen molar-refractivity contribution in [3.63, 3.8) is 0 Å². The second-order valence-electron chi connectivity index (χ2n) is 8.15. The summed E-state index contributed by atoms with van der Waals surface area (Å²) in [5.74, 6) is 0.839. The molecular formula is C21H34N4O2S. The van der Waals surface area contributed by atoms with E-state index in [0.29, 0.717) is 18.4 Å². The van der Waals surface area contributed by atoms with Crippen LogP contribution in [0.4, 0.5) is 0 Å². The number of carbonyl (C=O) groups is 2. The molecule has 2 aliphatic rings. The number of carbonyl (C=O) groups excluding carboxylic acids is 2. The summed E-state index contributed by atoms with van der Waals surface area (Å²) in [6.07, 6.45) is 5.94. The standard InChI is InChI=1S/C21H34N4O2S/c1-4-24-11-5-6-18(24)14-22-19(26)8-7-17-9-12-25(13-10-17)21(27)20-15(2)23-16(3)28-20/h17-18H,4-14H2,1-3H3,(H,22,26)/t18-/m0/s1. The summed E-state index contributed by atoms with van der Waals surface area (Å²) in [5, 5.41) is 4.08. The Morgan fingerprint density at radius 2 is 1.93 bits per heavy atom. The van der Waals surface area contributed by atoms with Crippen molar-refractivity contribution < 1.29 is 9.59 Å². The van der Waals surface area contributed by atoms with Gasteiger partial charge in [-0.25, -0.2) is 4.98 Å². The van der Waals surface area contributed by atoms with E-state index in [1.165, 1.54) is 24.2 Å². The number of amides is 2. The maximum atomic E-state index is 12.7. The molecule has 0 unspecified atom stereocenters. The van der Waals surface area contributed by atoms with Crippen LogP contribution in [-0.4, -0.2) is 65.4 Å². The van der Waals surface area contributed by atoms with Crippen LogP contribution in [0.25, 0.3) is 0 Å². The Bertz CT molecular complexity index is 682. The smallest absolute Gasteiger partial charge is 0.265 e. The largest absolute Gasteiger partial charge is 0.355 e. The first-order chi connectivity index (χ1) is 13.5. The molecule has 0 aromatic carbocycles. The summed E-state index contributed by atoms with van der Waals surface area (Å²) in [5.41, 5.74) is 0.843. The molecule has 28 heavy (non-hydrogen) atoms. The van der Waals surface area contributed by atoms with Crippen molar-refractivity contribution in [1.29, 1.82) is 0 Å². The topological polar surface area (TPSA) is 65.5 Å². The molecule has 3 rings (SSSR count). The Morgan fingerprint density at radius 1 is 1.18 bits per heavy atom. The van der Waals surface area contributed by atoms with Crippen LogP contribution >= 0.6 is 11.3 Å². The lowest BCUT2D eigenvalue weighted by Crippen LogP contribution is -2.40. The van der Waals surface area contributed by atoms with Crippen molar-refractivity contribution in [3.8, 4) is 0 Å². The molecular weight excluding hydrogens is 372 g/mol. The van der Waals surface area contributed by atoms with Gasteiger partial charge in [0, 0.05) is 32.1 Å². The van der Waals surface area contributed by atoms with Gasteiger partial charge in [0.15, 0.2) is 0 Å². The molecule has 2 amide bonds. The third-order valence-electron chi connectivity index (χ3n) is 6.22. The van der Waals surface area contributed by atoms with E-state index in [4.69, 9.17) is 0 Å². The van der Waals surface area contributed by atoms with E-state index in [2.05, 4.69) is 22.1 Å². The Morgan fingerprint density at radius 3 is 2.57 bits per heavy atom. The number of aryl methyl sites for hydroxylation is 2. The fourth-order valence-corrected chi connectivity index (χ4v) is 5.38. The minimum absolute atomic E-state index is 0.122. The van der Waals surface area contributed by atoms with Crippen molar-refractivity contribution in [3.05, 3.63) is 15.6 Å². The van der Waals surface area contributed by atoms with Crippen LogP contribution in [-0.2, 0) is 4.79 Å². The number of hydrogen-bond acceptors (Lipinski definition) is 5. The predicted octanol–water partition coefficient (Wildman–Crippen LogP) is 2.99. The average molecular weight is 407 g/mol. The van der Waals surface area contributed by atoms with Crippen LogP contribution in [0.3, 0.4) is 0 Å². The molecule has 0 spiro atoms. The highest BCUT2D eigenvalue weighted by Crippen LogP contribution is 2.25. The molecule has 0 saturated carbocycles. The zero-order valence-electron chi connectivity index (χ0n) is 17.5. The number of nitrogens with zero attached hydrogens (tertiary/aromatic N) is 3. The molecule has 1 N–H and O–H groups in total. The van der Waals surface area contributed by atoms with Gasteiger partial charge in [-0.3, -0.25) is 14.5 Å². The maximum absolute atomic E-state index is 12.7. The third-order valence-corrected chi connectivity index (χ3v) is 7.28. The zero-order valence-corrected chi connectivity index (χ0v) is 18.3. The van der Waals surface area contributed by atoms with Gasteiger partial charge in [-0.1, -0.05) is 6.92 Å². The van der Waals surface area contributed by atoms with E-state index in [1.807, 2.05) is 18.7 Å². The lowest BCUT2D eigenvalue weighted by atomic mass is 9.92. The van der Waals surface area contributed by atoms with Crippen LogP contribution in [0, 0.1) is 19.8 Å². The van der Waals surface area contributed by atoms with Gasteiger partial charge in [-0.15, -0.1) is 11.3 Å². The highest BCUT2D eigenvalue weighted by atomic mass is 32.1. The number of aromatic nitrogens is 1. The molecule has 1 aromatic heterocycles. The first-order valence-electron chi connectivity index (χ1n) is 10.7. The molecule has 2 aliphatic heterocycles. The number of thiazole rings is 1. The first kappa shape index (κ1) is 21.2. The second-order valence-corrected chi connectivity index (χ2v) is 9.35. The monoisotopic (exact) mass is 406 g/mol. The Balaban J connectivity index is 1.35. The van der Waals surface area contributed by atoms with Crippen LogP contribution in [0.1, 0.15) is 65.8 Å². The molecule has 7 heteroatoms. The lowest BCUT2D eigenvalue weighted by molar-refractivity contribution is -0.121. The number of likely N-dealkylation sites (N-methyl/N-ethyl adjacent to an activating group) is 1. The number of rotatable bonds is 7. The summed E-state index contributed by atoms with van der Waals surface area (Å²) in [7, 11) is 0. The van der Waals surface area contributed by atoms with Gasteiger partial charge in [0.25, 0.3) is 5.91 Å². The molecule has 0 radical (unpaired) electrons. The minimum atomic E-state index is 0.122. The van der Waals surface area contributed by atoms with E-state index in [0.717, 1.165) is 67.6 Å². The first-order valence-corrected chi connectivity index (χ1v) is 11.5. The van der Waals surface area contributed by atoms with Gasteiger partial charge in [0.2, 0.25) is 5.91 Å². The van der Waals surface area contributed by atoms with E-state index < -0.39 is 0 Å². The normalized spacial score (nSPS) is 21.2. The van der Waals surface area contributed by atoms with Gasteiger partial charge in [-0.05, 0) is 65.0 Å². The number of likely N-dealkylation sites (tertiary alicyclic amines) is 2. The average Bonchev–Trinajstić information content (AvgIpc) is 3.29. The van der Waals surface area contributed by atoms with Gasteiger partial charge in [-0.2, -0.15) is 0 Å². The minimum Gasteiger partial charge on any atom is -0.355 e. The van der Waals surface area contributed by atoms with Gasteiger partial charge >= 0.3 is 0 Å². The van der Waals surface area contributed by atoms with Crippen molar-refractivity contribution in [1.82, 2.24) is 20.1 Å². The zero-order chi connectivity index (χ0) is 20.1. The molecule has 0 aliphatic carbocycles. The van der Waals surface area contributed by atoms with Gasteiger partial charge < -0.3 is 10.2 Å². The van der Waals surface area contributed by atoms with E-state index >= 15 is 0 Å². The summed E-state index contributed by atoms with van der Waals surface area (Å²) >= 11 is 1.49. The Hall–Kier alpha value is -1.47. The van der Waals surface area contributed by atoms with Crippen molar-refractivity contribution in [2.45, 2.75) is 65.3 Å². The quantitative estimate of drug-likeness (QED) is 0.756. The molecule has 2 saturated heterocycles. The summed E-state index contributed by atoms with van der Waals surface area (Å²) in [6, 6.07) is 0.516. The highest BCUT2D eigenvalue weighted by Gasteiger charge is 2.27. The molecule has 1 atom stereocenters. The summed E-state index contributed by atoms with van der Waals surface area (Å²) in [6.45, 7) is 10.6. The number of hydrogen-bond donors (Lipinski definition) is 1. The molecule has 3 heterocycles.